The van der Waals surface area contributed by atoms with E-state index in [2.05, 4.69) is 15.6 Å². The fourth-order valence-corrected chi connectivity index (χ4v) is 4.19. The average Bonchev–Trinajstić information content (AvgIpc) is 3.48. The molecule has 0 unspecified atom stereocenters. The fraction of sp³-hybridized carbons (Fsp3) is 0.238. The molecular weight excluding hydrogens is 423 g/mol. The van der Waals surface area contributed by atoms with Crippen molar-refractivity contribution in [2.24, 2.45) is 0 Å². The average molecular weight is 442 g/mol. The maximum atomic E-state index is 14.5. The van der Waals surface area contributed by atoms with Gasteiger partial charge in [-0.1, -0.05) is 0 Å². The number of anilines is 2. The largest absolute Gasteiger partial charge is 0.459 e. The first-order chi connectivity index (χ1) is 14.9. The van der Waals surface area contributed by atoms with Crippen molar-refractivity contribution in [2.45, 2.75) is 25.8 Å². The summed E-state index contributed by atoms with van der Waals surface area (Å²) in [5, 5.41) is 7.18. The highest BCUT2D eigenvalue weighted by Crippen LogP contribution is 2.29. The van der Waals surface area contributed by atoms with Gasteiger partial charge in [-0.2, -0.15) is 0 Å². The highest BCUT2D eigenvalue weighted by Gasteiger charge is 2.35. The Hall–Kier alpha value is -3.53. The molecule has 8 nitrogen and oxygen atoms in total. The number of nitrogens with zero attached hydrogens (tertiary/aromatic N) is 2. The summed E-state index contributed by atoms with van der Waals surface area (Å²) in [7, 11) is 0. The first-order valence-electron chi connectivity index (χ1n) is 9.61. The van der Waals surface area contributed by atoms with Crippen LogP contribution in [0.15, 0.2) is 46.4 Å². The lowest BCUT2D eigenvalue weighted by molar-refractivity contribution is -0.119. The van der Waals surface area contributed by atoms with Crippen molar-refractivity contribution in [3.63, 3.8) is 0 Å². The van der Waals surface area contributed by atoms with Crippen LogP contribution in [0.2, 0.25) is 0 Å². The minimum atomic E-state index is -0.626. The van der Waals surface area contributed by atoms with Gasteiger partial charge in [-0.3, -0.25) is 14.4 Å². The van der Waals surface area contributed by atoms with Crippen LogP contribution in [-0.2, 0) is 9.59 Å². The first-order valence-corrected chi connectivity index (χ1v) is 10.5. The first kappa shape index (κ1) is 20.7. The van der Waals surface area contributed by atoms with E-state index in [4.69, 9.17) is 4.42 Å². The van der Waals surface area contributed by atoms with E-state index in [1.165, 1.54) is 30.2 Å². The van der Waals surface area contributed by atoms with Gasteiger partial charge in [0.05, 0.1) is 12.0 Å². The van der Waals surface area contributed by atoms with Crippen LogP contribution in [0.4, 0.5) is 15.2 Å². The Kier molecular flexibility index (Phi) is 5.81. The molecule has 2 aromatic heterocycles. The van der Waals surface area contributed by atoms with Gasteiger partial charge in [-0.05, 0) is 43.2 Å². The number of benzene rings is 1. The number of hydrogen-bond acceptors (Lipinski definition) is 6. The summed E-state index contributed by atoms with van der Waals surface area (Å²) in [5.74, 6) is -1.32. The summed E-state index contributed by atoms with van der Waals surface area (Å²) in [6, 6.07) is 6.87. The molecule has 1 aliphatic rings. The second kappa shape index (κ2) is 8.68. The molecule has 1 atom stereocenters. The SMILES string of the molecule is CC(=O)Nc1ccc(-c2csc(NC(=O)[C@@H]3CCCN3C(=O)c3ccco3)n2)c(F)c1. The Morgan fingerprint density at radius 1 is 1.26 bits per heavy atom. The summed E-state index contributed by atoms with van der Waals surface area (Å²) < 4.78 is 19.6. The van der Waals surface area contributed by atoms with Gasteiger partial charge in [0.1, 0.15) is 11.9 Å². The summed E-state index contributed by atoms with van der Waals surface area (Å²) in [5.41, 5.74) is 0.962. The molecule has 0 spiro atoms. The topological polar surface area (TPSA) is 105 Å². The Morgan fingerprint density at radius 2 is 2.10 bits per heavy atom. The molecule has 4 rings (SSSR count). The summed E-state index contributed by atoms with van der Waals surface area (Å²) in [6.45, 7) is 1.81. The molecule has 1 saturated heterocycles. The number of likely N-dealkylation sites (tertiary alicyclic amines) is 1. The highest BCUT2D eigenvalue weighted by atomic mass is 32.1. The fourth-order valence-electron chi connectivity index (χ4n) is 3.47. The zero-order chi connectivity index (χ0) is 22.0. The van der Waals surface area contributed by atoms with Gasteiger partial charge in [0.15, 0.2) is 10.9 Å². The molecule has 2 N–H and O–H groups in total. The Morgan fingerprint density at radius 3 is 2.81 bits per heavy atom. The molecular formula is C21H19FN4O4S. The number of thiazole rings is 1. The molecule has 3 aromatic rings. The van der Waals surface area contributed by atoms with Crippen LogP contribution in [0, 0.1) is 5.82 Å². The quantitative estimate of drug-likeness (QED) is 0.626. The lowest BCUT2D eigenvalue weighted by atomic mass is 10.1. The van der Waals surface area contributed by atoms with Crippen LogP contribution in [0.5, 0.6) is 0 Å². The molecule has 0 radical (unpaired) electrons. The summed E-state index contributed by atoms with van der Waals surface area (Å²) in [4.78, 5) is 42.2. The van der Waals surface area contributed by atoms with Gasteiger partial charge in [-0.15, -0.1) is 11.3 Å². The van der Waals surface area contributed by atoms with Crippen molar-refractivity contribution in [3.8, 4) is 11.3 Å². The van der Waals surface area contributed by atoms with Gasteiger partial charge >= 0.3 is 0 Å². The predicted octanol–water partition coefficient (Wildman–Crippen LogP) is 3.74. The van der Waals surface area contributed by atoms with Crippen LogP contribution in [0.3, 0.4) is 0 Å². The number of aromatic nitrogens is 1. The summed E-state index contributed by atoms with van der Waals surface area (Å²) in [6.07, 6.45) is 2.66. The van der Waals surface area contributed by atoms with Gasteiger partial charge in [-0.25, -0.2) is 9.37 Å². The van der Waals surface area contributed by atoms with Gasteiger partial charge in [0, 0.05) is 30.1 Å². The summed E-state index contributed by atoms with van der Waals surface area (Å²) >= 11 is 1.16. The maximum Gasteiger partial charge on any atom is 0.290 e. The smallest absolute Gasteiger partial charge is 0.290 e. The molecule has 160 valence electrons. The van der Waals surface area contributed by atoms with Crippen molar-refractivity contribution < 1.29 is 23.2 Å². The number of hydrogen-bond donors (Lipinski definition) is 2. The van der Waals surface area contributed by atoms with Crippen molar-refractivity contribution in [2.75, 3.05) is 17.2 Å². The number of furan rings is 1. The van der Waals surface area contributed by atoms with E-state index in [-0.39, 0.29) is 29.0 Å². The monoisotopic (exact) mass is 442 g/mol. The standard InChI is InChI=1S/C21H19FN4O4S/c1-12(27)23-13-6-7-14(15(22)10-13)16-11-31-21(24-16)25-19(28)17-4-2-8-26(17)20(29)18-5-3-9-30-18/h3,5-7,9-11,17H,2,4,8H2,1H3,(H,23,27)(H,24,25,28)/t17-/m0/s1. The number of amides is 3. The van der Waals surface area contributed by atoms with E-state index in [0.717, 1.165) is 11.3 Å². The Bertz CT molecular complexity index is 1130. The van der Waals surface area contributed by atoms with Crippen LogP contribution in [-0.4, -0.2) is 40.2 Å². The molecule has 3 amide bonds. The van der Waals surface area contributed by atoms with E-state index < -0.39 is 11.9 Å². The van der Waals surface area contributed by atoms with Crippen molar-refractivity contribution in [1.82, 2.24) is 9.88 Å². The predicted molar refractivity (Wildman–Crippen MR) is 113 cm³/mol. The van der Waals surface area contributed by atoms with Crippen LogP contribution < -0.4 is 10.6 Å². The molecule has 1 aliphatic heterocycles. The maximum absolute atomic E-state index is 14.5. The molecule has 31 heavy (non-hydrogen) atoms. The van der Waals surface area contributed by atoms with E-state index in [1.807, 2.05) is 0 Å². The molecule has 1 aromatic carbocycles. The highest BCUT2D eigenvalue weighted by molar-refractivity contribution is 7.14. The van der Waals surface area contributed by atoms with E-state index >= 15 is 0 Å². The number of carbonyl (C=O) groups is 3. The van der Waals surface area contributed by atoms with E-state index in [1.54, 1.807) is 23.6 Å². The Balaban J connectivity index is 1.46. The number of rotatable bonds is 5. The third kappa shape index (κ3) is 4.48. The molecule has 1 fully saturated rings. The second-order valence-electron chi connectivity index (χ2n) is 7.04. The zero-order valence-corrected chi connectivity index (χ0v) is 17.4. The molecule has 0 bridgehead atoms. The third-order valence-corrected chi connectivity index (χ3v) is 5.61. The minimum Gasteiger partial charge on any atom is -0.459 e. The second-order valence-corrected chi connectivity index (χ2v) is 7.89. The molecule has 0 saturated carbocycles. The van der Waals surface area contributed by atoms with Crippen LogP contribution in [0.25, 0.3) is 11.3 Å². The van der Waals surface area contributed by atoms with Crippen molar-refractivity contribution in [1.29, 1.82) is 0 Å². The lowest BCUT2D eigenvalue weighted by Crippen LogP contribution is -2.43. The zero-order valence-electron chi connectivity index (χ0n) is 16.6. The van der Waals surface area contributed by atoms with Gasteiger partial charge in [0.25, 0.3) is 5.91 Å². The molecule has 3 heterocycles. The molecule has 10 heteroatoms. The minimum absolute atomic E-state index is 0.189. The van der Waals surface area contributed by atoms with E-state index in [9.17, 15) is 18.8 Å². The van der Waals surface area contributed by atoms with Gasteiger partial charge in [0.2, 0.25) is 11.8 Å². The van der Waals surface area contributed by atoms with Crippen molar-refractivity contribution >= 4 is 39.9 Å². The number of nitrogens with one attached hydrogen (secondary N) is 2. The van der Waals surface area contributed by atoms with Crippen molar-refractivity contribution in [3.05, 3.63) is 53.6 Å². The third-order valence-electron chi connectivity index (χ3n) is 4.85. The van der Waals surface area contributed by atoms with Crippen LogP contribution in [0.1, 0.15) is 30.3 Å². The van der Waals surface area contributed by atoms with Gasteiger partial charge < -0.3 is 20.0 Å². The number of halogens is 1. The number of carbonyl (C=O) groups excluding carboxylic acids is 3. The lowest BCUT2D eigenvalue weighted by Gasteiger charge is -2.22. The molecule has 0 aliphatic carbocycles. The van der Waals surface area contributed by atoms with Crippen LogP contribution >= 0.6 is 11.3 Å². The Labute approximate surface area is 181 Å². The normalized spacial score (nSPS) is 15.7. The van der Waals surface area contributed by atoms with E-state index in [0.29, 0.717) is 35.9 Å².